The number of guanidine groups is 1. The van der Waals surface area contributed by atoms with E-state index in [1.54, 1.807) is 6.08 Å². The number of aliphatic imine (C=N–C) groups is 1. The number of alkyl carbamates (subject to hydrolysis) is 1. The highest BCUT2D eigenvalue weighted by Crippen LogP contribution is 2.28. The standard InChI is InChI=1S/C19H32N6O5/c1-3-22-19(29)30-13-5-4-7-25(8-6-13)15-10-12(17(27)28)9-14(24-18(20)21)16(15)23-11(2)26/h10,13-16H,3-9H2,1-2H3,(H,22,29)(H,23,26)(H,27,28)(H4,20,21,24)/t13?,14-,15+,16+/m0/s1. The molecule has 1 aliphatic heterocycles. The van der Waals surface area contributed by atoms with Crippen LogP contribution in [0.2, 0.25) is 0 Å². The van der Waals surface area contributed by atoms with Gasteiger partial charge in [-0.3, -0.25) is 9.69 Å². The highest BCUT2D eigenvalue weighted by molar-refractivity contribution is 5.87. The fourth-order valence-electron chi connectivity index (χ4n) is 4.02. The molecule has 0 radical (unpaired) electrons. The lowest BCUT2D eigenvalue weighted by molar-refractivity contribution is -0.133. The van der Waals surface area contributed by atoms with Gasteiger partial charge in [0.25, 0.3) is 0 Å². The van der Waals surface area contributed by atoms with Crippen LogP contribution in [-0.2, 0) is 14.3 Å². The summed E-state index contributed by atoms with van der Waals surface area (Å²) in [5, 5.41) is 15.1. The molecule has 2 rings (SSSR count). The van der Waals surface area contributed by atoms with Crippen LogP contribution in [0.15, 0.2) is 16.6 Å². The molecule has 0 aromatic heterocycles. The zero-order chi connectivity index (χ0) is 22.3. The summed E-state index contributed by atoms with van der Waals surface area (Å²) in [5.74, 6) is -1.45. The first kappa shape index (κ1) is 23.5. The van der Waals surface area contributed by atoms with E-state index in [4.69, 9.17) is 16.2 Å². The van der Waals surface area contributed by atoms with Crippen molar-refractivity contribution in [2.24, 2.45) is 16.5 Å². The highest BCUT2D eigenvalue weighted by Gasteiger charge is 2.39. The van der Waals surface area contributed by atoms with Gasteiger partial charge in [-0.25, -0.2) is 14.6 Å². The van der Waals surface area contributed by atoms with E-state index in [9.17, 15) is 19.5 Å². The van der Waals surface area contributed by atoms with Crippen LogP contribution >= 0.6 is 0 Å². The number of carbonyl (C=O) groups excluding carboxylic acids is 2. The summed E-state index contributed by atoms with van der Waals surface area (Å²) in [6.07, 6.45) is 3.20. The molecule has 11 nitrogen and oxygen atoms in total. The summed E-state index contributed by atoms with van der Waals surface area (Å²) >= 11 is 0. The van der Waals surface area contributed by atoms with Crippen LogP contribution in [-0.4, -0.2) is 77.8 Å². The molecular formula is C19H32N6O5. The minimum atomic E-state index is -1.04. The van der Waals surface area contributed by atoms with Crippen molar-refractivity contribution >= 4 is 23.9 Å². The second-order valence-corrected chi connectivity index (χ2v) is 7.56. The predicted octanol–water partition coefficient (Wildman–Crippen LogP) is -0.483. The lowest BCUT2D eigenvalue weighted by atomic mass is 9.85. The van der Waals surface area contributed by atoms with E-state index in [-0.39, 0.29) is 30.0 Å². The average Bonchev–Trinajstić information content (AvgIpc) is 2.87. The summed E-state index contributed by atoms with van der Waals surface area (Å²) in [6, 6.07) is -1.47. The van der Waals surface area contributed by atoms with Gasteiger partial charge in [-0.05, 0) is 32.7 Å². The van der Waals surface area contributed by atoms with Crippen molar-refractivity contribution < 1.29 is 24.2 Å². The molecule has 1 fully saturated rings. The van der Waals surface area contributed by atoms with Crippen molar-refractivity contribution in [1.82, 2.24) is 15.5 Å². The molecule has 2 amide bonds. The number of nitrogens with two attached hydrogens (primary N) is 2. The summed E-state index contributed by atoms with van der Waals surface area (Å²) in [4.78, 5) is 41.6. The minimum absolute atomic E-state index is 0.117. The third kappa shape index (κ3) is 6.61. The van der Waals surface area contributed by atoms with Crippen molar-refractivity contribution in [3.8, 4) is 0 Å². The van der Waals surface area contributed by atoms with E-state index >= 15 is 0 Å². The van der Waals surface area contributed by atoms with Crippen LogP contribution in [0, 0.1) is 0 Å². The molecule has 0 spiro atoms. The monoisotopic (exact) mass is 424 g/mol. The van der Waals surface area contributed by atoms with Gasteiger partial charge >= 0.3 is 12.1 Å². The third-order valence-corrected chi connectivity index (χ3v) is 5.27. The van der Waals surface area contributed by atoms with Crippen LogP contribution in [0.1, 0.15) is 39.5 Å². The number of ether oxygens (including phenoxy) is 1. The Morgan fingerprint density at radius 2 is 2.03 bits per heavy atom. The van der Waals surface area contributed by atoms with Crippen molar-refractivity contribution in [3.05, 3.63) is 11.6 Å². The van der Waals surface area contributed by atoms with E-state index in [2.05, 4.69) is 20.5 Å². The van der Waals surface area contributed by atoms with E-state index in [0.717, 1.165) is 6.42 Å². The molecule has 7 N–H and O–H groups in total. The van der Waals surface area contributed by atoms with Crippen molar-refractivity contribution in [1.29, 1.82) is 0 Å². The van der Waals surface area contributed by atoms with Gasteiger partial charge < -0.3 is 31.9 Å². The fourth-order valence-corrected chi connectivity index (χ4v) is 4.02. The maximum Gasteiger partial charge on any atom is 0.407 e. The number of hydrogen-bond acceptors (Lipinski definition) is 6. The number of carbonyl (C=O) groups is 3. The Morgan fingerprint density at radius 3 is 2.63 bits per heavy atom. The van der Waals surface area contributed by atoms with Gasteiger partial charge in [0, 0.05) is 32.0 Å². The lowest BCUT2D eigenvalue weighted by Crippen LogP contribution is -2.58. The highest BCUT2D eigenvalue weighted by atomic mass is 16.6. The predicted molar refractivity (Wildman–Crippen MR) is 111 cm³/mol. The molecule has 0 aromatic carbocycles. The first-order chi connectivity index (χ1) is 14.2. The summed E-state index contributed by atoms with van der Waals surface area (Å²) in [7, 11) is 0. The smallest absolute Gasteiger partial charge is 0.407 e. The first-order valence-electron chi connectivity index (χ1n) is 10.2. The minimum Gasteiger partial charge on any atom is -0.478 e. The molecule has 168 valence electrons. The number of rotatable bonds is 6. The molecule has 0 bridgehead atoms. The molecule has 0 saturated carbocycles. The van der Waals surface area contributed by atoms with Gasteiger partial charge in [0.1, 0.15) is 6.10 Å². The summed E-state index contributed by atoms with van der Waals surface area (Å²) in [6.45, 7) is 4.95. The van der Waals surface area contributed by atoms with E-state index in [1.807, 2.05) is 6.92 Å². The Morgan fingerprint density at radius 1 is 1.30 bits per heavy atom. The maximum absolute atomic E-state index is 11.8. The van der Waals surface area contributed by atoms with E-state index in [0.29, 0.717) is 32.5 Å². The van der Waals surface area contributed by atoms with Gasteiger partial charge in [-0.2, -0.15) is 0 Å². The van der Waals surface area contributed by atoms with E-state index in [1.165, 1.54) is 6.92 Å². The molecule has 11 heteroatoms. The Hall–Kier alpha value is -2.82. The zero-order valence-corrected chi connectivity index (χ0v) is 17.5. The molecule has 1 heterocycles. The third-order valence-electron chi connectivity index (χ3n) is 5.27. The number of hydrogen-bond donors (Lipinski definition) is 5. The Balaban J connectivity index is 2.24. The van der Waals surface area contributed by atoms with Crippen LogP contribution in [0.4, 0.5) is 4.79 Å². The van der Waals surface area contributed by atoms with Crippen molar-refractivity contribution in [2.75, 3.05) is 19.6 Å². The first-order valence-corrected chi connectivity index (χ1v) is 10.2. The molecular weight excluding hydrogens is 392 g/mol. The largest absolute Gasteiger partial charge is 0.478 e. The fraction of sp³-hybridized carbons (Fsp3) is 0.684. The van der Waals surface area contributed by atoms with Crippen LogP contribution < -0.4 is 22.1 Å². The van der Waals surface area contributed by atoms with Gasteiger partial charge in [0.2, 0.25) is 5.91 Å². The average molecular weight is 425 g/mol. The van der Waals surface area contributed by atoms with Gasteiger partial charge in [-0.15, -0.1) is 0 Å². The zero-order valence-electron chi connectivity index (χ0n) is 17.5. The lowest BCUT2D eigenvalue weighted by Gasteiger charge is -2.40. The molecule has 4 atom stereocenters. The number of likely N-dealkylation sites (tertiary alicyclic amines) is 1. The molecule has 1 aliphatic carbocycles. The molecule has 1 saturated heterocycles. The van der Waals surface area contributed by atoms with E-state index < -0.39 is 30.2 Å². The second kappa shape index (κ2) is 10.8. The normalized spacial score (nSPS) is 27.2. The topological polar surface area (TPSA) is 172 Å². The second-order valence-electron chi connectivity index (χ2n) is 7.56. The van der Waals surface area contributed by atoms with Gasteiger partial charge in [0.15, 0.2) is 5.96 Å². The number of carboxylic acids is 1. The number of amides is 2. The Kier molecular flexibility index (Phi) is 8.46. The Bertz CT molecular complexity index is 706. The van der Waals surface area contributed by atoms with Crippen LogP contribution in [0.25, 0.3) is 0 Å². The Labute approximate surface area is 175 Å². The van der Waals surface area contributed by atoms with Gasteiger partial charge in [0.05, 0.1) is 18.1 Å². The number of nitrogens with zero attached hydrogens (tertiary/aromatic N) is 2. The van der Waals surface area contributed by atoms with Crippen LogP contribution in [0.3, 0.4) is 0 Å². The molecule has 30 heavy (non-hydrogen) atoms. The molecule has 0 aromatic rings. The quantitative estimate of drug-likeness (QED) is 0.281. The van der Waals surface area contributed by atoms with Crippen LogP contribution in [0.5, 0.6) is 0 Å². The number of nitrogens with one attached hydrogen (secondary N) is 2. The molecule has 2 aliphatic rings. The number of aliphatic carboxylic acids is 1. The number of carboxylic acid groups (broad SMARTS) is 1. The van der Waals surface area contributed by atoms with Crippen molar-refractivity contribution in [3.63, 3.8) is 0 Å². The van der Waals surface area contributed by atoms with Gasteiger partial charge in [-0.1, -0.05) is 6.08 Å². The molecule has 1 unspecified atom stereocenters. The maximum atomic E-state index is 11.8. The van der Waals surface area contributed by atoms with Crippen molar-refractivity contribution in [2.45, 2.75) is 63.8 Å². The summed E-state index contributed by atoms with van der Waals surface area (Å²) < 4.78 is 5.46. The summed E-state index contributed by atoms with van der Waals surface area (Å²) in [5.41, 5.74) is 11.3. The SMILES string of the molecule is CCNC(=O)OC1CCCN([C@@H]2C=C(C(=O)O)C[C@H](N=C(N)N)[C@H]2NC(C)=O)CC1.